The molecular formula is C15H16O5. The van der Waals surface area contributed by atoms with Gasteiger partial charge in [-0.05, 0) is 19.4 Å². The molecule has 0 fully saturated rings. The van der Waals surface area contributed by atoms with Crippen LogP contribution in [0.2, 0.25) is 0 Å². The van der Waals surface area contributed by atoms with Crippen LogP contribution in [0.3, 0.4) is 0 Å². The standard InChI is InChI=1S/C15H16O5/c1-6-4-8-7(2)13(17)11-9(16)5-10(19-3)14(18)12(11)15(8)20-6/h5-6,11-12,17H,4H2,1-3H3. The highest BCUT2D eigenvalue weighted by molar-refractivity contribution is 6.12. The number of ether oxygens (including phenoxy) is 2. The van der Waals surface area contributed by atoms with Gasteiger partial charge in [0, 0.05) is 18.1 Å². The molecule has 1 heterocycles. The molecule has 0 spiro atoms. The van der Waals surface area contributed by atoms with Crippen LogP contribution >= 0.6 is 0 Å². The minimum atomic E-state index is -0.870. The Kier molecular flexibility index (Phi) is 2.74. The predicted molar refractivity (Wildman–Crippen MR) is 69.6 cm³/mol. The van der Waals surface area contributed by atoms with Crippen molar-refractivity contribution < 1.29 is 24.2 Å². The Labute approximate surface area is 116 Å². The second-order valence-corrected chi connectivity index (χ2v) is 5.42. The average molecular weight is 276 g/mol. The van der Waals surface area contributed by atoms with E-state index in [0.717, 1.165) is 11.6 Å². The first kappa shape index (κ1) is 13.0. The molecule has 1 aliphatic heterocycles. The number of aliphatic hydroxyl groups is 1. The molecule has 3 aliphatic rings. The number of fused-ring (bicyclic) bond motifs is 2. The Morgan fingerprint density at radius 2 is 2.05 bits per heavy atom. The van der Waals surface area contributed by atoms with Crippen molar-refractivity contribution in [1.29, 1.82) is 0 Å². The lowest BCUT2D eigenvalue weighted by molar-refractivity contribution is -0.132. The lowest BCUT2D eigenvalue weighted by Gasteiger charge is -2.33. The van der Waals surface area contributed by atoms with E-state index in [9.17, 15) is 14.7 Å². The van der Waals surface area contributed by atoms with E-state index in [2.05, 4.69) is 0 Å². The fourth-order valence-corrected chi connectivity index (χ4v) is 3.19. The number of allylic oxidation sites excluding steroid dienone is 5. The smallest absolute Gasteiger partial charge is 0.209 e. The number of methoxy groups -OCH3 is 1. The number of hydrogen-bond acceptors (Lipinski definition) is 5. The van der Waals surface area contributed by atoms with Crippen LogP contribution in [0, 0.1) is 11.8 Å². The van der Waals surface area contributed by atoms with Crippen LogP contribution < -0.4 is 0 Å². The van der Waals surface area contributed by atoms with E-state index >= 15 is 0 Å². The summed E-state index contributed by atoms with van der Waals surface area (Å²) < 4.78 is 10.7. The third-order valence-electron chi connectivity index (χ3n) is 4.19. The third-order valence-corrected chi connectivity index (χ3v) is 4.19. The van der Waals surface area contributed by atoms with E-state index in [1.807, 2.05) is 6.92 Å². The van der Waals surface area contributed by atoms with Gasteiger partial charge in [0.2, 0.25) is 5.78 Å². The molecule has 20 heavy (non-hydrogen) atoms. The molecule has 0 saturated carbocycles. The second kappa shape index (κ2) is 4.23. The highest BCUT2D eigenvalue weighted by Crippen LogP contribution is 2.47. The molecule has 3 unspecified atom stereocenters. The first-order valence-electron chi connectivity index (χ1n) is 6.59. The fraction of sp³-hybridized carbons (Fsp3) is 0.467. The average Bonchev–Trinajstić information content (AvgIpc) is 2.80. The van der Waals surface area contributed by atoms with E-state index in [4.69, 9.17) is 9.47 Å². The summed E-state index contributed by atoms with van der Waals surface area (Å²) in [6.45, 7) is 3.66. The van der Waals surface area contributed by atoms with Crippen LogP contribution in [0.5, 0.6) is 0 Å². The Morgan fingerprint density at radius 1 is 1.35 bits per heavy atom. The largest absolute Gasteiger partial charge is 0.511 e. The maximum Gasteiger partial charge on any atom is 0.209 e. The van der Waals surface area contributed by atoms with Gasteiger partial charge >= 0.3 is 0 Å². The summed E-state index contributed by atoms with van der Waals surface area (Å²) in [4.78, 5) is 24.6. The van der Waals surface area contributed by atoms with Crippen LogP contribution in [-0.2, 0) is 19.1 Å². The summed E-state index contributed by atoms with van der Waals surface area (Å²) in [5, 5.41) is 10.3. The Hall–Kier alpha value is -2.04. The van der Waals surface area contributed by atoms with E-state index in [0.29, 0.717) is 17.8 Å². The molecule has 0 aromatic carbocycles. The molecular weight excluding hydrogens is 260 g/mol. The van der Waals surface area contributed by atoms with Crippen LogP contribution in [0.15, 0.2) is 34.5 Å². The maximum atomic E-state index is 12.4. The topological polar surface area (TPSA) is 72.8 Å². The monoisotopic (exact) mass is 276 g/mol. The summed E-state index contributed by atoms with van der Waals surface area (Å²) in [5.41, 5.74) is 1.50. The zero-order valence-electron chi connectivity index (χ0n) is 11.6. The molecule has 1 N–H and O–H groups in total. The first-order chi connectivity index (χ1) is 9.45. The van der Waals surface area contributed by atoms with E-state index < -0.39 is 11.8 Å². The van der Waals surface area contributed by atoms with Gasteiger partial charge in [0.05, 0.1) is 19.1 Å². The summed E-state index contributed by atoms with van der Waals surface area (Å²) in [6, 6.07) is 0. The highest BCUT2D eigenvalue weighted by Gasteiger charge is 2.50. The van der Waals surface area contributed by atoms with E-state index in [1.165, 1.54) is 7.11 Å². The normalized spacial score (nSPS) is 32.8. The molecule has 5 nitrogen and oxygen atoms in total. The van der Waals surface area contributed by atoms with Crippen molar-refractivity contribution in [2.45, 2.75) is 26.4 Å². The number of Topliss-reactive ketones (excluding diaryl/α,β-unsaturated/α-hetero) is 1. The molecule has 3 atom stereocenters. The summed E-state index contributed by atoms with van der Waals surface area (Å²) in [6.07, 6.45) is 1.75. The number of hydrogen-bond donors (Lipinski definition) is 1. The summed E-state index contributed by atoms with van der Waals surface area (Å²) in [7, 11) is 1.36. The molecule has 2 aliphatic carbocycles. The van der Waals surface area contributed by atoms with Crippen LogP contribution in [0.25, 0.3) is 0 Å². The summed E-state index contributed by atoms with van der Waals surface area (Å²) >= 11 is 0. The minimum absolute atomic E-state index is 0.0174. The second-order valence-electron chi connectivity index (χ2n) is 5.42. The van der Waals surface area contributed by atoms with Gasteiger partial charge < -0.3 is 14.6 Å². The van der Waals surface area contributed by atoms with Crippen molar-refractivity contribution in [3.8, 4) is 0 Å². The van der Waals surface area contributed by atoms with Gasteiger partial charge in [-0.25, -0.2) is 0 Å². The number of carbonyl (C=O) groups is 2. The fourth-order valence-electron chi connectivity index (χ4n) is 3.19. The van der Waals surface area contributed by atoms with Gasteiger partial charge in [-0.1, -0.05) is 0 Å². The SMILES string of the molecule is COC1=CC(=O)C2C(O)=C(C)C3=C(OC(C)C3)C2C1=O. The lowest BCUT2D eigenvalue weighted by atomic mass is 9.72. The zero-order valence-corrected chi connectivity index (χ0v) is 11.6. The van der Waals surface area contributed by atoms with Gasteiger partial charge in [0.15, 0.2) is 11.5 Å². The summed E-state index contributed by atoms with van der Waals surface area (Å²) in [5.74, 6) is -1.75. The number of carbonyl (C=O) groups excluding carboxylic acids is 2. The predicted octanol–water partition coefficient (Wildman–Crippen LogP) is 1.81. The first-order valence-corrected chi connectivity index (χ1v) is 6.59. The number of ketones is 2. The van der Waals surface area contributed by atoms with Crippen molar-refractivity contribution in [3.05, 3.63) is 34.5 Å². The van der Waals surface area contributed by atoms with E-state index in [-0.39, 0.29) is 29.2 Å². The minimum Gasteiger partial charge on any atom is -0.511 e. The van der Waals surface area contributed by atoms with Gasteiger partial charge in [-0.15, -0.1) is 0 Å². The zero-order chi connectivity index (χ0) is 14.6. The molecule has 0 bridgehead atoms. The molecule has 5 heteroatoms. The Morgan fingerprint density at radius 3 is 2.70 bits per heavy atom. The molecule has 0 saturated heterocycles. The third kappa shape index (κ3) is 1.55. The number of aliphatic hydroxyl groups excluding tert-OH is 1. The molecule has 0 aromatic heterocycles. The highest BCUT2D eigenvalue weighted by atomic mass is 16.5. The Balaban J connectivity index is 2.16. The maximum absolute atomic E-state index is 12.4. The Bertz CT molecular complexity index is 608. The van der Waals surface area contributed by atoms with Crippen LogP contribution in [0.4, 0.5) is 0 Å². The molecule has 0 amide bonds. The van der Waals surface area contributed by atoms with Crippen molar-refractivity contribution in [2.75, 3.05) is 7.11 Å². The van der Waals surface area contributed by atoms with Crippen molar-refractivity contribution >= 4 is 11.6 Å². The molecule has 0 aromatic rings. The lowest BCUT2D eigenvalue weighted by Crippen LogP contribution is -2.40. The number of rotatable bonds is 1. The van der Waals surface area contributed by atoms with Gasteiger partial charge in [0.25, 0.3) is 0 Å². The van der Waals surface area contributed by atoms with E-state index in [1.54, 1.807) is 6.92 Å². The van der Waals surface area contributed by atoms with Crippen molar-refractivity contribution in [3.63, 3.8) is 0 Å². The molecule has 0 radical (unpaired) electrons. The van der Waals surface area contributed by atoms with Crippen molar-refractivity contribution in [2.24, 2.45) is 11.8 Å². The molecule has 3 rings (SSSR count). The van der Waals surface area contributed by atoms with Crippen molar-refractivity contribution in [1.82, 2.24) is 0 Å². The van der Waals surface area contributed by atoms with Gasteiger partial charge in [0.1, 0.15) is 17.4 Å². The van der Waals surface area contributed by atoms with Gasteiger partial charge in [-0.2, -0.15) is 0 Å². The van der Waals surface area contributed by atoms with Crippen LogP contribution in [0.1, 0.15) is 20.3 Å². The quantitative estimate of drug-likeness (QED) is 0.790. The van der Waals surface area contributed by atoms with Crippen LogP contribution in [-0.4, -0.2) is 29.9 Å². The molecule has 106 valence electrons. The van der Waals surface area contributed by atoms with Gasteiger partial charge in [-0.3, -0.25) is 9.59 Å².